The quantitative estimate of drug-likeness (QED) is 0.704. The van der Waals surface area contributed by atoms with Gasteiger partial charge in [-0.3, -0.25) is 9.97 Å². The van der Waals surface area contributed by atoms with Crippen molar-refractivity contribution < 1.29 is 0 Å². The fraction of sp³-hybridized carbons (Fsp3) is 0.158. The minimum atomic E-state index is -0.133. The lowest BCUT2D eigenvalue weighted by Crippen LogP contribution is -2.20. The van der Waals surface area contributed by atoms with E-state index >= 15 is 0 Å². The van der Waals surface area contributed by atoms with Crippen LogP contribution < -0.4 is 0 Å². The summed E-state index contributed by atoms with van der Waals surface area (Å²) in [4.78, 5) is 9.21. The molecule has 2 heteroatoms. The van der Waals surface area contributed by atoms with E-state index in [2.05, 4.69) is 55.2 Å². The summed E-state index contributed by atoms with van der Waals surface area (Å²) in [7, 11) is 0. The van der Waals surface area contributed by atoms with E-state index in [1.165, 1.54) is 5.56 Å². The zero-order valence-corrected chi connectivity index (χ0v) is 12.3. The standard InChI is InChI=1S/C19H18N2/c1-19(2,15-9-4-3-5-10-15)18-13-8-12-17(21-18)16-11-6-7-14-20-16/h3-14H,1-2H3. The molecule has 0 aliphatic heterocycles. The molecule has 0 radical (unpaired) electrons. The summed E-state index contributed by atoms with van der Waals surface area (Å²) in [6.45, 7) is 4.40. The van der Waals surface area contributed by atoms with Crippen molar-refractivity contribution in [3.05, 3.63) is 84.2 Å². The van der Waals surface area contributed by atoms with E-state index in [-0.39, 0.29) is 5.41 Å². The first kappa shape index (κ1) is 13.5. The van der Waals surface area contributed by atoms with Gasteiger partial charge in [0.25, 0.3) is 0 Å². The van der Waals surface area contributed by atoms with Crippen LogP contribution in [0.5, 0.6) is 0 Å². The lowest BCUT2D eigenvalue weighted by atomic mass is 9.81. The number of hydrogen-bond donors (Lipinski definition) is 0. The predicted molar refractivity (Wildman–Crippen MR) is 86.0 cm³/mol. The maximum absolute atomic E-state index is 4.83. The van der Waals surface area contributed by atoms with Crippen molar-refractivity contribution in [1.82, 2.24) is 9.97 Å². The van der Waals surface area contributed by atoms with E-state index < -0.39 is 0 Å². The van der Waals surface area contributed by atoms with Crippen LogP contribution in [0.2, 0.25) is 0 Å². The van der Waals surface area contributed by atoms with E-state index in [0.717, 1.165) is 17.1 Å². The number of hydrogen-bond acceptors (Lipinski definition) is 2. The van der Waals surface area contributed by atoms with E-state index in [0.29, 0.717) is 0 Å². The van der Waals surface area contributed by atoms with Crippen LogP contribution in [0.15, 0.2) is 72.9 Å². The molecular weight excluding hydrogens is 256 g/mol. The van der Waals surface area contributed by atoms with Gasteiger partial charge >= 0.3 is 0 Å². The molecule has 0 aliphatic rings. The van der Waals surface area contributed by atoms with Gasteiger partial charge in [0, 0.05) is 11.6 Å². The Bertz CT molecular complexity index is 719. The molecule has 0 aliphatic carbocycles. The molecule has 21 heavy (non-hydrogen) atoms. The topological polar surface area (TPSA) is 25.8 Å². The molecule has 1 aromatic carbocycles. The van der Waals surface area contributed by atoms with E-state index in [1.807, 2.05) is 30.3 Å². The summed E-state index contributed by atoms with van der Waals surface area (Å²) in [6.07, 6.45) is 1.80. The summed E-state index contributed by atoms with van der Waals surface area (Å²) >= 11 is 0. The van der Waals surface area contributed by atoms with Gasteiger partial charge in [0.15, 0.2) is 0 Å². The third kappa shape index (κ3) is 2.70. The normalized spacial score (nSPS) is 11.3. The minimum absolute atomic E-state index is 0.133. The molecule has 0 N–H and O–H groups in total. The van der Waals surface area contributed by atoms with Crippen molar-refractivity contribution in [3.63, 3.8) is 0 Å². The Labute approximate surface area is 125 Å². The van der Waals surface area contributed by atoms with Crippen LogP contribution in [-0.2, 0) is 5.41 Å². The Morgan fingerprint density at radius 1 is 0.714 bits per heavy atom. The van der Waals surface area contributed by atoms with Crippen molar-refractivity contribution in [3.8, 4) is 11.4 Å². The Balaban J connectivity index is 2.04. The molecule has 3 rings (SSSR count). The van der Waals surface area contributed by atoms with E-state index in [9.17, 15) is 0 Å². The van der Waals surface area contributed by atoms with Crippen LogP contribution in [0.1, 0.15) is 25.1 Å². The summed E-state index contributed by atoms with van der Waals surface area (Å²) < 4.78 is 0. The fourth-order valence-electron chi connectivity index (χ4n) is 2.44. The molecular formula is C19H18N2. The van der Waals surface area contributed by atoms with Gasteiger partial charge in [-0.05, 0) is 29.8 Å². The fourth-order valence-corrected chi connectivity index (χ4v) is 2.44. The lowest BCUT2D eigenvalue weighted by Gasteiger charge is -2.25. The van der Waals surface area contributed by atoms with Gasteiger partial charge in [-0.15, -0.1) is 0 Å². The number of aromatic nitrogens is 2. The second kappa shape index (κ2) is 5.49. The number of pyridine rings is 2. The van der Waals surface area contributed by atoms with Crippen molar-refractivity contribution in [2.24, 2.45) is 0 Å². The maximum atomic E-state index is 4.83. The molecule has 0 fully saturated rings. The monoisotopic (exact) mass is 274 g/mol. The van der Waals surface area contributed by atoms with Gasteiger partial charge in [-0.2, -0.15) is 0 Å². The van der Waals surface area contributed by atoms with E-state index in [1.54, 1.807) is 6.20 Å². The van der Waals surface area contributed by atoms with Crippen LogP contribution in [-0.4, -0.2) is 9.97 Å². The largest absolute Gasteiger partial charge is 0.255 e. The molecule has 3 aromatic rings. The molecule has 0 saturated carbocycles. The Hall–Kier alpha value is -2.48. The Morgan fingerprint density at radius 3 is 2.14 bits per heavy atom. The average molecular weight is 274 g/mol. The van der Waals surface area contributed by atoms with Crippen LogP contribution in [0.3, 0.4) is 0 Å². The lowest BCUT2D eigenvalue weighted by molar-refractivity contribution is 0.617. The smallest absolute Gasteiger partial charge is 0.0889 e. The van der Waals surface area contributed by atoms with Crippen molar-refractivity contribution in [2.75, 3.05) is 0 Å². The van der Waals surface area contributed by atoms with E-state index in [4.69, 9.17) is 4.98 Å². The second-order valence-corrected chi connectivity index (χ2v) is 5.61. The molecule has 2 heterocycles. The number of benzene rings is 1. The Morgan fingerprint density at radius 2 is 1.43 bits per heavy atom. The SMILES string of the molecule is CC(C)(c1ccccc1)c1cccc(-c2ccccn2)n1. The highest BCUT2D eigenvalue weighted by molar-refractivity contribution is 5.54. The van der Waals surface area contributed by atoms with Crippen molar-refractivity contribution in [1.29, 1.82) is 0 Å². The summed E-state index contributed by atoms with van der Waals surface area (Å²) in [5.74, 6) is 0. The zero-order valence-electron chi connectivity index (χ0n) is 12.3. The van der Waals surface area contributed by atoms with Crippen molar-refractivity contribution in [2.45, 2.75) is 19.3 Å². The minimum Gasteiger partial charge on any atom is -0.255 e. The third-order valence-corrected chi connectivity index (χ3v) is 3.81. The first-order valence-electron chi connectivity index (χ1n) is 7.12. The van der Waals surface area contributed by atoms with Gasteiger partial charge in [0.1, 0.15) is 0 Å². The summed E-state index contributed by atoms with van der Waals surface area (Å²) in [5, 5.41) is 0. The van der Waals surface area contributed by atoms with Gasteiger partial charge < -0.3 is 0 Å². The van der Waals surface area contributed by atoms with Crippen LogP contribution in [0.25, 0.3) is 11.4 Å². The molecule has 2 nitrogen and oxygen atoms in total. The molecule has 104 valence electrons. The highest BCUT2D eigenvalue weighted by atomic mass is 14.8. The second-order valence-electron chi connectivity index (χ2n) is 5.61. The molecule has 0 bridgehead atoms. The highest BCUT2D eigenvalue weighted by Gasteiger charge is 2.24. The molecule has 0 atom stereocenters. The van der Waals surface area contributed by atoms with Crippen LogP contribution >= 0.6 is 0 Å². The molecule has 0 unspecified atom stereocenters. The van der Waals surface area contributed by atoms with Gasteiger partial charge in [0.05, 0.1) is 17.1 Å². The first-order valence-corrected chi connectivity index (χ1v) is 7.12. The van der Waals surface area contributed by atoms with Gasteiger partial charge in [-0.25, -0.2) is 0 Å². The summed E-state index contributed by atoms with van der Waals surface area (Å²) in [6, 6.07) is 22.5. The third-order valence-electron chi connectivity index (χ3n) is 3.81. The molecule has 0 saturated heterocycles. The van der Waals surface area contributed by atoms with Crippen molar-refractivity contribution >= 4 is 0 Å². The maximum Gasteiger partial charge on any atom is 0.0889 e. The number of rotatable bonds is 3. The predicted octanol–water partition coefficient (Wildman–Crippen LogP) is 4.47. The highest BCUT2D eigenvalue weighted by Crippen LogP contribution is 2.30. The van der Waals surface area contributed by atoms with Crippen LogP contribution in [0.4, 0.5) is 0 Å². The molecule has 2 aromatic heterocycles. The number of nitrogens with zero attached hydrogens (tertiary/aromatic N) is 2. The molecule has 0 spiro atoms. The zero-order chi connectivity index (χ0) is 14.7. The van der Waals surface area contributed by atoms with Gasteiger partial charge in [0.2, 0.25) is 0 Å². The average Bonchev–Trinajstić information content (AvgIpc) is 2.57. The molecule has 0 amide bonds. The first-order chi connectivity index (χ1) is 10.2. The summed E-state index contributed by atoms with van der Waals surface area (Å²) in [5.41, 5.74) is 4.00. The van der Waals surface area contributed by atoms with Gasteiger partial charge in [-0.1, -0.05) is 56.3 Å². The van der Waals surface area contributed by atoms with Crippen LogP contribution in [0, 0.1) is 0 Å². The Kier molecular flexibility index (Phi) is 3.53.